The summed E-state index contributed by atoms with van der Waals surface area (Å²) in [5.41, 5.74) is 0.494. The van der Waals surface area contributed by atoms with Gasteiger partial charge in [0.15, 0.2) is 5.72 Å². The smallest absolute Gasteiger partial charge is 0.231 e. The molecule has 1 saturated heterocycles. The van der Waals surface area contributed by atoms with Crippen molar-refractivity contribution >= 4 is 17.7 Å². The molecule has 2 aromatic rings. The van der Waals surface area contributed by atoms with E-state index in [0.29, 0.717) is 34.3 Å². The number of fused-ring (bicyclic) bond motifs is 1. The average molecular weight is 423 g/mol. The van der Waals surface area contributed by atoms with Crippen LogP contribution in [0.3, 0.4) is 0 Å². The third kappa shape index (κ3) is 3.32. The van der Waals surface area contributed by atoms with Gasteiger partial charge < -0.3 is 14.6 Å². The normalized spacial score (nSPS) is 23.2. The van der Waals surface area contributed by atoms with Crippen molar-refractivity contribution in [2.24, 2.45) is 0 Å². The van der Waals surface area contributed by atoms with Gasteiger partial charge in [0.05, 0.1) is 36.1 Å². The molecule has 0 radical (unpaired) electrons. The first-order valence-electron chi connectivity index (χ1n) is 9.71. The number of rotatable bonds is 5. The summed E-state index contributed by atoms with van der Waals surface area (Å²) in [6, 6.07) is 16.8. The SMILES string of the molecule is CCOc1ccc([C@@]2(O)CSC3=C(C#N)[C@@H](c4ccc(OC)cc4)CC(=O)N32)cc1. The van der Waals surface area contributed by atoms with Crippen molar-refractivity contribution in [3.63, 3.8) is 0 Å². The molecule has 0 aromatic heterocycles. The quantitative estimate of drug-likeness (QED) is 0.790. The minimum atomic E-state index is -1.49. The Morgan fingerprint density at radius 3 is 2.47 bits per heavy atom. The Hall–Kier alpha value is -2.95. The van der Waals surface area contributed by atoms with E-state index in [0.717, 1.165) is 5.56 Å². The molecule has 1 fully saturated rings. The van der Waals surface area contributed by atoms with Crippen LogP contribution >= 0.6 is 11.8 Å². The van der Waals surface area contributed by atoms with E-state index in [4.69, 9.17) is 9.47 Å². The molecule has 1 amide bonds. The topological polar surface area (TPSA) is 82.8 Å². The maximum absolute atomic E-state index is 13.2. The number of ether oxygens (including phenoxy) is 2. The van der Waals surface area contributed by atoms with Crippen LogP contribution in [0, 0.1) is 11.3 Å². The third-order valence-corrected chi connectivity index (χ3v) is 6.68. The fraction of sp³-hybridized carbons (Fsp3) is 0.304. The number of carbonyl (C=O) groups excluding carboxylic acids is 1. The number of nitrogens with zero attached hydrogens (tertiary/aromatic N) is 2. The summed E-state index contributed by atoms with van der Waals surface area (Å²) in [6.07, 6.45) is 0.124. The fourth-order valence-electron chi connectivity index (χ4n) is 3.94. The van der Waals surface area contributed by atoms with Gasteiger partial charge >= 0.3 is 0 Å². The van der Waals surface area contributed by atoms with Crippen LogP contribution < -0.4 is 9.47 Å². The molecular formula is C23H22N2O4S. The molecular weight excluding hydrogens is 400 g/mol. The van der Waals surface area contributed by atoms with Gasteiger partial charge in [-0.05, 0) is 36.8 Å². The van der Waals surface area contributed by atoms with E-state index in [1.807, 2.05) is 31.2 Å². The second-order valence-electron chi connectivity index (χ2n) is 7.15. The number of nitriles is 1. The number of carbonyl (C=O) groups is 1. The monoisotopic (exact) mass is 422 g/mol. The van der Waals surface area contributed by atoms with E-state index in [1.165, 1.54) is 16.7 Å². The first kappa shape index (κ1) is 20.3. The summed E-state index contributed by atoms with van der Waals surface area (Å²) in [7, 11) is 1.59. The molecule has 1 N–H and O–H groups in total. The van der Waals surface area contributed by atoms with Crippen LogP contribution in [0.4, 0.5) is 0 Å². The van der Waals surface area contributed by atoms with Gasteiger partial charge in [0.2, 0.25) is 5.91 Å². The van der Waals surface area contributed by atoms with Gasteiger partial charge in [-0.1, -0.05) is 24.3 Å². The zero-order valence-electron chi connectivity index (χ0n) is 16.8. The molecule has 0 spiro atoms. The number of allylic oxidation sites excluding steroid dienone is 1. The van der Waals surface area contributed by atoms with Crippen molar-refractivity contribution in [3.05, 3.63) is 70.3 Å². The largest absolute Gasteiger partial charge is 0.497 e. The molecule has 0 saturated carbocycles. The Kier molecular flexibility index (Phi) is 5.46. The number of aliphatic hydroxyl groups is 1. The van der Waals surface area contributed by atoms with Crippen LogP contribution in [0.5, 0.6) is 11.5 Å². The lowest BCUT2D eigenvalue weighted by Gasteiger charge is -2.38. The highest BCUT2D eigenvalue weighted by Crippen LogP contribution is 2.51. The first-order valence-corrected chi connectivity index (χ1v) is 10.7. The maximum atomic E-state index is 13.2. The Morgan fingerprint density at radius 2 is 1.87 bits per heavy atom. The van der Waals surface area contributed by atoms with Gasteiger partial charge in [0.25, 0.3) is 0 Å². The maximum Gasteiger partial charge on any atom is 0.231 e. The van der Waals surface area contributed by atoms with Gasteiger partial charge in [0, 0.05) is 17.9 Å². The van der Waals surface area contributed by atoms with Crippen molar-refractivity contribution in [3.8, 4) is 17.6 Å². The van der Waals surface area contributed by atoms with Crippen LogP contribution in [0.15, 0.2) is 59.1 Å². The predicted molar refractivity (Wildman–Crippen MR) is 114 cm³/mol. The molecule has 154 valence electrons. The Morgan fingerprint density at radius 1 is 1.20 bits per heavy atom. The number of benzene rings is 2. The molecule has 7 heteroatoms. The second-order valence-corrected chi connectivity index (χ2v) is 8.12. The Balaban J connectivity index is 1.71. The summed E-state index contributed by atoms with van der Waals surface area (Å²) in [5.74, 6) is 1.14. The Bertz CT molecular complexity index is 1030. The third-order valence-electron chi connectivity index (χ3n) is 5.46. The van der Waals surface area contributed by atoms with E-state index in [1.54, 1.807) is 31.4 Å². The molecule has 0 aliphatic carbocycles. The van der Waals surface area contributed by atoms with Gasteiger partial charge in [-0.15, -0.1) is 11.8 Å². The average Bonchev–Trinajstić information content (AvgIpc) is 3.13. The fourth-order valence-corrected chi connectivity index (χ4v) is 5.30. The van der Waals surface area contributed by atoms with Crippen LogP contribution in [-0.2, 0) is 10.5 Å². The van der Waals surface area contributed by atoms with Gasteiger partial charge in [0.1, 0.15) is 11.5 Å². The van der Waals surface area contributed by atoms with Crippen LogP contribution in [0.1, 0.15) is 30.4 Å². The van der Waals surface area contributed by atoms with Gasteiger partial charge in [-0.25, -0.2) is 0 Å². The second kappa shape index (κ2) is 8.05. The number of hydrogen-bond donors (Lipinski definition) is 1. The highest BCUT2D eigenvalue weighted by Gasteiger charge is 2.51. The zero-order chi connectivity index (χ0) is 21.3. The summed E-state index contributed by atoms with van der Waals surface area (Å²) in [6.45, 7) is 2.45. The molecule has 0 unspecified atom stereocenters. The number of thioether (sulfide) groups is 1. The molecule has 2 atom stereocenters. The summed E-state index contributed by atoms with van der Waals surface area (Å²) < 4.78 is 10.7. The van der Waals surface area contributed by atoms with E-state index in [2.05, 4.69) is 6.07 Å². The van der Waals surface area contributed by atoms with E-state index in [-0.39, 0.29) is 24.0 Å². The van der Waals surface area contributed by atoms with Gasteiger partial charge in [-0.2, -0.15) is 5.26 Å². The molecule has 2 heterocycles. The lowest BCUT2D eigenvalue weighted by atomic mass is 9.85. The molecule has 2 aliphatic heterocycles. The van der Waals surface area contributed by atoms with Crippen LogP contribution in [-0.4, -0.2) is 35.4 Å². The van der Waals surface area contributed by atoms with Gasteiger partial charge in [-0.3, -0.25) is 9.69 Å². The Labute approximate surface area is 179 Å². The van der Waals surface area contributed by atoms with Crippen LogP contribution in [0.25, 0.3) is 0 Å². The number of amides is 1. The van der Waals surface area contributed by atoms with Crippen molar-refractivity contribution in [2.45, 2.75) is 25.0 Å². The van der Waals surface area contributed by atoms with Crippen molar-refractivity contribution in [1.29, 1.82) is 5.26 Å². The molecule has 2 aromatic carbocycles. The molecule has 6 nitrogen and oxygen atoms in total. The molecule has 0 bridgehead atoms. The lowest BCUT2D eigenvalue weighted by Crippen LogP contribution is -2.48. The summed E-state index contributed by atoms with van der Waals surface area (Å²) in [4.78, 5) is 14.6. The summed E-state index contributed by atoms with van der Waals surface area (Å²) in [5, 5.41) is 21.9. The number of hydrogen-bond acceptors (Lipinski definition) is 6. The standard InChI is InChI=1S/C23H22N2O4S/c1-3-29-18-10-6-16(7-11-18)23(27)14-30-22-20(13-24)19(12-21(26)25(22)23)15-4-8-17(28-2)9-5-15/h4-11,19,27H,3,12,14H2,1-2H3/t19-,23+/m1/s1. The summed E-state index contributed by atoms with van der Waals surface area (Å²) >= 11 is 1.34. The number of methoxy groups -OCH3 is 1. The highest BCUT2D eigenvalue weighted by atomic mass is 32.2. The molecule has 30 heavy (non-hydrogen) atoms. The predicted octanol–water partition coefficient (Wildman–Crippen LogP) is 3.74. The molecule has 2 aliphatic rings. The minimum absolute atomic E-state index is 0.124. The highest BCUT2D eigenvalue weighted by molar-refractivity contribution is 8.03. The van der Waals surface area contributed by atoms with Crippen molar-refractivity contribution in [1.82, 2.24) is 4.90 Å². The lowest BCUT2D eigenvalue weighted by molar-refractivity contribution is -0.149. The van der Waals surface area contributed by atoms with Crippen molar-refractivity contribution in [2.75, 3.05) is 19.5 Å². The van der Waals surface area contributed by atoms with E-state index in [9.17, 15) is 15.2 Å². The zero-order valence-corrected chi connectivity index (χ0v) is 17.6. The minimum Gasteiger partial charge on any atom is -0.497 e. The van der Waals surface area contributed by atoms with E-state index < -0.39 is 5.72 Å². The molecule has 4 rings (SSSR count). The first-order chi connectivity index (χ1) is 14.5. The van der Waals surface area contributed by atoms with E-state index >= 15 is 0 Å². The van der Waals surface area contributed by atoms with Crippen LogP contribution in [0.2, 0.25) is 0 Å². The van der Waals surface area contributed by atoms with Crippen molar-refractivity contribution < 1.29 is 19.4 Å².